The molecule has 1 heterocycles. The standard InChI is InChI=1S/C11H21NO2S/c1-11(2,3)14-10(13)12-6-4-8-15-9-5-7-12/h4-9H2,1-3H3. The van der Waals surface area contributed by atoms with Crippen LogP contribution in [-0.4, -0.2) is 41.2 Å². The maximum atomic E-state index is 11.8. The Bertz CT molecular complexity index is 205. The van der Waals surface area contributed by atoms with Crippen LogP contribution in [0.3, 0.4) is 0 Å². The van der Waals surface area contributed by atoms with Crippen LogP contribution >= 0.6 is 11.8 Å². The summed E-state index contributed by atoms with van der Waals surface area (Å²) in [6.07, 6.45) is 1.99. The van der Waals surface area contributed by atoms with E-state index in [1.165, 1.54) is 0 Å². The van der Waals surface area contributed by atoms with Gasteiger partial charge in [0.2, 0.25) is 0 Å². The zero-order chi connectivity index (χ0) is 11.3. The molecule has 0 spiro atoms. The van der Waals surface area contributed by atoms with Crippen molar-refractivity contribution in [1.29, 1.82) is 0 Å². The van der Waals surface area contributed by atoms with Gasteiger partial charge in [-0.3, -0.25) is 0 Å². The van der Waals surface area contributed by atoms with Crippen molar-refractivity contribution < 1.29 is 9.53 Å². The zero-order valence-electron chi connectivity index (χ0n) is 9.91. The lowest BCUT2D eigenvalue weighted by Gasteiger charge is -2.28. The normalized spacial score (nSPS) is 19.3. The Hall–Kier alpha value is -0.380. The molecule has 3 nitrogen and oxygen atoms in total. The van der Waals surface area contributed by atoms with E-state index in [-0.39, 0.29) is 11.7 Å². The van der Waals surface area contributed by atoms with Gasteiger partial charge < -0.3 is 9.64 Å². The van der Waals surface area contributed by atoms with Crippen molar-refractivity contribution in [2.45, 2.75) is 39.2 Å². The van der Waals surface area contributed by atoms with Gasteiger partial charge in [-0.05, 0) is 45.1 Å². The summed E-state index contributed by atoms with van der Waals surface area (Å²) >= 11 is 1.98. The fourth-order valence-electron chi connectivity index (χ4n) is 1.44. The van der Waals surface area contributed by atoms with Gasteiger partial charge in [0, 0.05) is 13.1 Å². The first-order valence-electron chi connectivity index (χ1n) is 5.55. The number of ether oxygens (including phenoxy) is 1. The lowest BCUT2D eigenvalue weighted by Crippen LogP contribution is -2.38. The van der Waals surface area contributed by atoms with Gasteiger partial charge in [-0.25, -0.2) is 4.79 Å². The SMILES string of the molecule is CC(C)(C)OC(=O)N1CCCSCCC1. The second-order valence-electron chi connectivity index (χ2n) is 4.79. The molecule has 1 amide bonds. The Morgan fingerprint density at radius 2 is 1.73 bits per heavy atom. The van der Waals surface area contributed by atoms with Crippen molar-refractivity contribution in [1.82, 2.24) is 4.90 Å². The fraction of sp³-hybridized carbons (Fsp3) is 0.909. The van der Waals surface area contributed by atoms with E-state index in [0.717, 1.165) is 37.4 Å². The molecule has 4 heteroatoms. The number of nitrogens with zero attached hydrogens (tertiary/aromatic N) is 1. The quantitative estimate of drug-likeness (QED) is 0.642. The molecule has 15 heavy (non-hydrogen) atoms. The molecule has 1 aliphatic rings. The van der Waals surface area contributed by atoms with Gasteiger partial charge >= 0.3 is 6.09 Å². The van der Waals surface area contributed by atoms with Gasteiger partial charge in [0.05, 0.1) is 0 Å². The van der Waals surface area contributed by atoms with Gasteiger partial charge in [0.1, 0.15) is 5.60 Å². The van der Waals surface area contributed by atoms with E-state index in [2.05, 4.69) is 0 Å². The van der Waals surface area contributed by atoms with Gasteiger partial charge in [0.15, 0.2) is 0 Å². The number of carbonyl (C=O) groups is 1. The highest BCUT2D eigenvalue weighted by atomic mass is 32.2. The number of carbonyl (C=O) groups excluding carboxylic acids is 1. The van der Waals surface area contributed by atoms with E-state index in [9.17, 15) is 4.79 Å². The third kappa shape index (κ3) is 5.30. The Balaban J connectivity index is 2.42. The molecule has 1 saturated heterocycles. The average molecular weight is 231 g/mol. The van der Waals surface area contributed by atoms with Crippen LogP contribution in [0.4, 0.5) is 4.79 Å². The van der Waals surface area contributed by atoms with Crippen LogP contribution in [0.5, 0.6) is 0 Å². The number of hydrogen-bond donors (Lipinski definition) is 0. The van der Waals surface area contributed by atoms with Crippen molar-refractivity contribution >= 4 is 17.9 Å². The minimum atomic E-state index is -0.381. The van der Waals surface area contributed by atoms with E-state index in [1.54, 1.807) is 0 Å². The molecule has 0 N–H and O–H groups in total. The van der Waals surface area contributed by atoms with Crippen LogP contribution in [0.15, 0.2) is 0 Å². The Morgan fingerprint density at radius 3 is 2.20 bits per heavy atom. The predicted octanol–water partition coefficient (Wildman–Crippen LogP) is 2.75. The van der Waals surface area contributed by atoms with Crippen LogP contribution in [0, 0.1) is 0 Å². The molecule has 0 aromatic carbocycles. The summed E-state index contributed by atoms with van der Waals surface area (Å²) in [7, 11) is 0. The summed E-state index contributed by atoms with van der Waals surface area (Å²) in [5, 5.41) is 0. The molecule has 0 radical (unpaired) electrons. The summed E-state index contributed by atoms with van der Waals surface area (Å²) in [5.74, 6) is 2.30. The van der Waals surface area contributed by atoms with Gasteiger partial charge in [-0.15, -0.1) is 0 Å². The minimum Gasteiger partial charge on any atom is -0.444 e. The van der Waals surface area contributed by atoms with Crippen LogP contribution in [-0.2, 0) is 4.74 Å². The molecule has 1 aliphatic heterocycles. The first-order chi connectivity index (χ1) is 6.99. The lowest BCUT2D eigenvalue weighted by atomic mass is 10.2. The average Bonchev–Trinajstić information content (AvgIpc) is 1.98. The monoisotopic (exact) mass is 231 g/mol. The third-order valence-corrected chi connectivity index (χ3v) is 3.24. The van der Waals surface area contributed by atoms with Gasteiger partial charge in [-0.1, -0.05) is 0 Å². The molecular weight excluding hydrogens is 210 g/mol. The maximum Gasteiger partial charge on any atom is 0.410 e. The highest BCUT2D eigenvalue weighted by Crippen LogP contribution is 2.14. The summed E-state index contributed by atoms with van der Waals surface area (Å²) in [6.45, 7) is 7.39. The summed E-state index contributed by atoms with van der Waals surface area (Å²) in [4.78, 5) is 13.6. The topological polar surface area (TPSA) is 29.5 Å². The van der Waals surface area contributed by atoms with E-state index < -0.39 is 0 Å². The predicted molar refractivity (Wildman–Crippen MR) is 64.4 cm³/mol. The fourth-order valence-corrected chi connectivity index (χ4v) is 2.31. The van der Waals surface area contributed by atoms with Crippen molar-refractivity contribution in [2.24, 2.45) is 0 Å². The highest BCUT2D eigenvalue weighted by molar-refractivity contribution is 7.99. The van der Waals surface area contributed by atoms with Crippen LogP contribution < -0.4 is 0 Å². The number of hydrogen-bond acceptors (Lipinski definition) is 3. The Morgan fingerprint density at radius 1 is 1.20 bits per heavy atom. The maximum absolute atomic E-state index is 11.8. The smallest absolute Gasteiger partial charge is 0.410 e. The molecule has 1 fully saturated rings. The van der Waals surface area contributed by atoms with Crippen LogP contribution in [0.25, 0.3) is 0 Å². The minimum absolute atomic E-state index is 0.158. The number of rotatable bonds is 0. The highest BCUT2D eigenvalue weighted by Gasteiger charge is 2.22. The second kappa shape index (κ2) is 5.64. The summed E-state index contributed by atoms with van der Waals surface area (Å²) < 4.78 is 5.35. The van der Waals surface area contributed by atoms with Crippen LogP contribution in [0.2, 0.25) is 0 Å². The molecule has 0 aromatic heterocycles. The molecule has 1 rings (SSSR count). The van der Waals surface area contributed by atoms with E-state index in [0.29, 0.717) is 0 Å². The van der Waals surface area contributed by atoms with Crippen LogP contribution in [0.1, 0.15) is 33.6 Å². The summed E-state index contributed by atoms with van der Waals surface area (Å²) in [6, 6.07) is 0. The second-order valence-corrected chi connectivity index (χ2v) is 6.01. The molecule has 0 atom stereocenters. The van der Waals surface area contributed by atoms with E-state index in [4.69, 9.17) is 4.74 Å². The van der Waals surface area contributed by atoms with Crippen molar-refractivity contribution in [2.75, 3.05) is 24.6 Å². The van der Waals surface area contributed by atoms with E-state index >= 15 is 0 Å². The molecule has 0 unspecified atom stereocenters. The first kappa shape index (κ1) is 12.7. The third-order valence-electron chi connectivity index (χ3n) is 2.09. The van der Waals surface area contributed by atoms with Gasteiger partial charge in [0.25, 0.3) is 0 Å². The zero-order valence-corrected chi connectivity index (χ0v) is 10.7. The first-order valence-corrected chi connectivity index (χ1v) is 6.70. The Labute approximate surface area is 96.5 Å². The molecule has 0 aliphatic carbocycles. The molecule has 0 saturated carbocycles. The van der Waals surface area contributed by atoms with Crippen molar-refractivity contribution in [3.63, 3.8) is 0 Å². The molecule has 0 aromatic rings. The van der Waals surface area contributed by atoms with E-state index in [1.807, 2.05) is 37.4 Å². The van der Waals surface area contributed by atoms with Gasteiger partial charge in [-0.2, -0.15) is 11.8 Å². The molecule has 0 bridgehead atoms. The number of amides is 1. The molecule has 88 valence electrons. The van der Waals surface area contributed by atoms with Crippen molar-refractivity contribution in [3.05, 3.63) is 0 Å². The van der Waals surface area contributed by atoms with Crippen molar-refractivity contribution in [3.8, 4) is 0 Å². The lowest BCUT2D eigenvalue weighted by molar-refractivity contribution is 0.0250. The number of thioether (sulfide) groups is 1. The summed E-state index contributed by atoms with van der Waals surface area (Å²) in [5.41, 5.74) is -0.381. The largest absolute Gasteiger partial charge is 0.444 e. The molecular formula is C11H21NO2S. The Kier molecular flexibility index (Phi) is 4.77.